The standard InChI is InChI=1S/2C11H10N2.C2H6/c1-9-4-2-6-11(13-9)10-5-3-7-12-8-10;1-9-3-2-4-11(13-9)10-5-7-12-8-6-10;1-2/h2*2-8H,1H3;1-2H3. The smallest absolute Gasteiger partial charge is 0.0720 e. The van der Waals surface area contributed by atoms with E-state index in [0.29, 0.717) is 0 Å². The minimum Gasteiger partial charge on any atom is -0.265 e. The van der Waals surface area contributed by atoms with Crippen LogP contribution in [0.3, 0.4) is 0 Å². The Kier molecular flexibility index (Phi) is 8.47. The third-order valence-corrected chi connectivity index (χ3v) is 3.71. The van der Waals surface area contributed by atoms with Crippen LogP contribution in [0.15, 0.2) is 85.5 Å². The van der Waals surface area contributed by atoms with Gasteiger partial charge in [0.15, 0.2) is 0 Å². The van der Waals surface area contributed by atoms with E-state index in [-0.39, 0.29) is 0 Å². The van der Waals surface area contributed by atoms with Crippen LogP contribution in [0.2, 0.25) is 0 Å². The Labute approximate surface area is 167 Å². The molecule has 0 radical (unpaired) electrons. The lowest BCUT2D eigenvalue weighted by atomic mass is 10.2. The zero-order valence-electron chi connectivity index (χ0n) is 16.9. The van der Waals surface area contributed by atoms with E-state index in [1.54, 1.807) is 18.6 Å². The molecule has 4 rings (SSSR count). The van der Waals surface area contributed by atoms with Crippen molar-refractivity contribution in [3.63, 3.8) is 0 Å². The zero-order valence-corrected chi connectivity index (χ0v) is 16.9. The van der Waals surface area contributed by atoms with Crippen LogP contribution in [0.25, 0.3) is 22.5 Å². The van der Waals surface area contributed by atoms with E-state index < -0.39 is 0 Å². The summed E-state index contributed by atoms with van der Waals surface area (Å²) in [6.45, 7) is 7.98. The Morgan fingerprint density at radius 3 is 1.61 bits per heavy atom. The first-order chi connectivity index (χ1) is 13.7. The molecular formula is C24H26N4. The van der Waals surface area contributed by atoms with E-state index in [1.165, 1.54) is 0 Å². The number of aromatic nitrogens is 4. The second-order valence-electron chi connectivity index (χ2n) is 5.81. The van der Waals surface area contributed by atoms with Gasteiger partial charge in [0, 0.05) is 47.3 Å². The molecule has 4 aromatic rings. The van der Waals surface area contributed by atoms with Gasteiger partial charge in [0.1, 0.15) is 0 Å². The maximum atomic E-state index is 4.42. The van der Waals surface area contributed by atoms with Gasteiger partial charge in [0.05, 0.1) is 11.4 Å². The summed E-state index contributed by atoms with van der Waals surface area (Å²) in [4.78, 5) is 16.8. The lowest BCUT2D eigenvalue weighted by molar-refractivity contribution is 1.20. The predicted molar refractivity (Wildman–Crippen MR) is 116 cm³/mol. The van der Waals surface area contributed by atoms with E-state index in [2.05, 4.69) is 19.9 Å². The van der Waals surface area contributed by atoms with Gasteiger partial charge in [-0.25, -0.2) is 0 Å². The lowest BCUT2D eigenvalue weighted by Gasteiger charge is -2.00. The van der Waals surface area contributed by atoms with E-state index >= 15 is 0 Å². The largest absolute Gasteiger partial charge is 0.265 e. The van der Waals surface area contributed by atoms with Crippen LogP contribution in [0.4, 0.5) is 0 Å². The average Bonchev–Trinajstić information content (AvgIpc) is 2.77. The number of rotatable bonds is 2. The molecule has 0 bridgehead atoms. The molecule has 0 aliphatic carbocycles. The van der Waals surface area contributed by atoms with Crippen LogP contribution in [-0.2, 0) is 0 Å². The molecule has 28 heavy (non-hydrogen) atoms. The monoisotopic (exact) mass is 370 g/mol. The summed E-state index contributed by atoms with van der Waals surface area (Å²) in [6, 6.07) is 19.8. The quantitative estimate of drug-likeness (QED) is 0.439. The Morgan fingerprint density at radius 2 is 1.11 bits per heavy atom. The molecule has 4 heterocycles. The normalized spacial score (nSPS) is 9.43. The summed E-state index contributed by atoms with van der Waals surface area (Å²) >= 11 is 0. The van der Waals surface area contributed by atoms with Gasteiger partial charge in [0.2, 0.25) is 0 Å². The minimum absolute atomic E-state index is 0.980. The van der Waals surface area contributed by atoms with Gasteiger partial charge in [-0.05, 0) is 62.4 Å². The summed E-state index contributed by atoms with van der Waals surface area (Å²) in [5, 5.41) is 0. The number of aryl methyl sites for hydroxylation is 2. The van der Waals surface area contributed by atoms with Gasteiger partial charge >= 0.3 is 0 Å². The summed E-state index contributed by atoms with van der Waals surface area (Å²) in [7, 11) is 0. The molecule has 4 aromatic heterocycles. The van der Waals surface area contributed by atoms with Gasteiger partial charge in [-0.1, -0.05) is 26.0 Å². The van der Waals surface area contributed by atoms with Gasteiger partial charge in [0.25, 0.3) is 0 Å². The molecule has 4 heteroatoms. The second kappa shape index (κ2) is 11.3. The minimum atomic E-state index is 0.980. The average molecular weight is 371 g/mol. The highest BCUT2D eigenvalue weighted by Crippen LogP contribution is 2.15. The van der Waals surface area contributed by atoms with E-state index in [4.69, 9.17) is 0 Å². The van der Waals surface area contributed by atoms with Crippen LogP contribution in [0.1, 0.15) is 25.2 Å². The van der Waals surface area contributed by atoms with Crippen molar-refractivity contribution in [2.45, 2.75) is 27.7 Å². The maximum absolute atomic E-state index is 4.42. The second-order valence-corrected chi connectivity index (χ2v) is 5.81. The molecule has 142 valence electrons. The van der Waals surface area contributed by atoms with Gasteiger partial charge < -0.3 is 0 Å². The topological polar surface area (TPSA) is 51.6 Å². The molecule has 0 N–H and O–H groups in total. The number of hydrogen-bond acceptors (Lipinski definition) is 4. The maximum Gasteiger partial charge on any atom is 0.0720 e. The predicted octanol–water partition coefficient (Wildman–Crippen LogP) is 5.93. The van der Waals surface area contributed by atoms with Crippen molar-refractivity contribution in [2.24, 2.45) is 0 Å². The molecule has 0 spiro atoms. The SMILES string of the molecule is CC.Cc1cccc(-c2cccnc2)n1.Cc1cccc(-c2ccncc2)n1. The van der Waals surface area contributed by atoms with Crippen molar-refractivity contribution < 1.29 is 0 Å². The fourth-order valence-corrected chi connectivity index (χ4v) is 2.44. The van der Waals surface area contributed by atoms with Crippen LogP contribution < -0.4 is 0 Å². The highest BCUT2D eigenvalue weighted by molar-refractivity contribution is 5.58. The summed E-state index contributed by atoms with van der Waals surface area (Å²) in [5.74, 6) is 0. The van der Waals surface area contributed by atoms with E-state index in [0.717, 1.165) is 33.9 Å². The first-order valence-corrected chi connectivity index (χ1v) is 9.40. The highest BCUT2D eigenvalue weighted by Gasteiger charge is 1.97. The van der Waals surface area contributed by atoms with Gasteiger partial charge in [-0.3, -0.25) is 19.9 Å². The molecule has 0 unspecified atom stereocenters. The summed E-state index contributed by atoms with van der Waals surface area (Å²) in [5.41, 5.74) is 6.22. The van der Waals surface area contributed by atoms with Crippen molar-refractivity contribution in [2.75, 3.05) is 0 Å². The third kappa shape index (κ3) is 6.40. The van der Waals surface area contributed by atoms with Crippen molar-refractivity contribution in [3.05, 3.63) is 96.8 Å². The molecule has 0 atom stereocenters. The number of hydrogen-bond donors (Lipinski definition) is 0. The van der Waals surface area contributed by atoms with Crippen LogP contribution in [0.5, 0.6) is 0 Å². The van der Waals surface area contributed by atoms with Crippen LogP contribution in [-0.4, -0.2) is 19.9 Å². The first kappa shape index (κ1) is 20.9. The van der Waals surface area contributed by atoms with Crippen molar-refractivity contribution >= 4 is 0 Å². The van der Waals surface area contributed by atoms with Crippen LogP contribution >= 0.6 is 0 Å². The highest BCUT2D eigenvalue weighted by atomic mass is 14.7. The van der Waals surface area contributed by atoms with E-state index in [1.807, 2.05) is 94.6 Å². The zero-order chi connectivity index (χ0) is 20.2. The summed E-state index contributed by atoms with van der Waals surface area (Å²) < 4.78 is 0. The third-order valence-electron chi connectivity index (χ3n) is 3.71. The Balaban J connectivity index is 0.000000184. The van der Waals surface area contributed by atoms with Crippen molar-refractivity contribution in [3.8, 4) is 22.5 Å². The molecule has 0 aliphatic heterocycles. The first-order valence-electron chi connectivity index (χ1n) is 9.40. The number of nitrogens with zero attached hydrogens (tertiary/aromatic N) is 4. The van der Waals surface area contributed by atoms with Crippen molar-refractivity contribution in [1.29, 1.82) is 0 Å². The molecule has 4 nitrogen and oxygen atoms in total. The molecule has 0 fully saturated rings. The fourth-order valence-electron chi connectivity index (χ4n) is 2.44. The lowest BCUT2D eigenvalue weighted by Crippen LogP contribution is -1.85. The van der Waals surface area contributed by atoms with Crippen molar-refractivity contribution in [1.82, 2.24) is 19.9 Å². The van der Waals surface area contributed by atoms with E-state index in [9.17, 15) is 0 Å². The Morgan fingerprint density at radius 1 is 0.536 bits per heavy atom. The number of pyridine rings is 4. The fraction of sp³-hybridized carbons (Fsp3) is 0.167. The molecule has 0 saturated heterocycles. The molecule has 0 aliphatic rings. The summed E-state index contributed by atoms with van der Waals surface area (Å²) in [6.07, 6.45) is 7.14. The molecule has 0 saturated carbocycles. The Bertz CT molecular complexity index is 873. The molecule has 0 aromatic carbocycles. The van der Waals surface area contributed by atoms with Crippen LogP contribution in [0, 0.1) is 13.8 Å². The molecular weight excluding hydrogens is 344 g/mol. The molecule has 0 amide bonds. The van der Waals surface area contributed by atoms with Gasteiger partial charge in [-0.15, -0.1) is 0 Å². The Hall–Kier alpha value is -3.40. The van der Waals surface area contributed by atoms with Gasteiger partial charge in [-0.2, -0.15) is 0 Å².